The van der Waals surface area contributed by atoms with Crippen LogP contribution in [0.5, 0.6) is 0 Å². The fourth-order valence-corrected chi connectivity index (χ4v) is 1.52. The number of carboxylic acid groups (broad SMARTS) is 1. The quantitative estimate of drug-likeness (QED) is 0.839. The van der Waals surface area contributed by atoms with E-state index in [1.807, 2.05) is 32.0 Å². The van der Waals surface area contributed by atoms with Gasteiger partial charge in [-0.25, -0.2) is 4.79 Å². The van der Waals surface area contributed by atoms with Gasteiger partial charge in [-0.3, -0.25) is 0 Å². The molecule has 1 N–H and O–H groups in total. The minimum Gasteiger partial charge on any atom is -0.478 e. The van der Waals surface area contributed by atoms with Crippen LogP contribution >= 0.6 is 0 Å². The number of aliphatic carboxylic acids is 1. The van der Waals surface area contributed by atoms with Gasteiger partial charge in [-0.2, -0.15) is 0 Å². The van der Waals surface area contributed by atoms with E-state index in [1.54, 1.807) is 0 Å². The first kappa shape index (κ1) is 12.0. The van der Waals surface area contributed by atoms with Crippen molar-refractivity contribution in [1.82, 2.24) is 10.2 Å². The third-order valence-electron chi connectivity index (χ3n) is 2.43. The minimum atomic E-state index is -1.05. The average Bonchev–Trinajstić information content (AvgIpc) is 2.78. The van der Waals surface area contributed by atoms with E-state index >= 15 is 0 Å². The molecule has 5 nitrogen and oxygen atoms in total. The van der Waals surface area contributed by atoms with Gasteiger partial charge >= 0.3 is 5.97 Å². The molecular weight excluding hydrogens is 232 g/mol. The highest BCUT2D eigenvalue weighted by Crippen LogP contribution is 2.23. The molecular formula is C13H12N2O3. The molecule has 0 amide bonds. The van der Waals surface area contributed by atoms with Crippen molar-refractivity contribution in [2.45, 2.75) is 13.8 Å². The first-order valence-electron chi connectivity index (χ1n) is 5.38. The van der Waals surface area contributed by atoms with Crippen molar-refractivity contribution < 1.29 is 14.3 Å². The zero-order valence-electron chi connectivity index (χ0n) is 10.0. The Morgan fingerprint density at radius 1 is 1.33 bits per heavy atom. The van der Waals surface area contributed by atoms with Crippen LogP contribution in [-0.4, -0.2) is 21.3 Å². The topological polar surface area (TPSA) is 76.2 Å². The lowest BCUT2D eigenvalue weighted by atomic mass is 10.1. The van der Waals surface area contributed by atoms with Gasteiger partial charge in [0.2, 0.25) is 11.8 Å². The van der Waals surface area contributed by atoms with Crippen molar-refractivity contribution in [3.63, 3.8) is 0 Å². The van der Waals surface area contributed by atoms with E-state index < -0.39 is 5.97 Å². The lowest BCUT2D eigenvalue weighted by molar-refractivity contribution is -0.131. The van der Waals surface area contributed by atoms with Crippen molar-refractivity contribution in [3.05, 3.63) is 41.3 Å². The summed E-state index contributed by atoms with van der Waals surface area (Å²) < 4.78 is 5.38. The van der Waals surface area contributed by atoms with Gasteiger partial charge in [0.25, 0.3) is 0 Å². The van der Waals surface area contributed by atoms with E-state index in [4.69, 9.17) is 9.52 Å². The van der Waals surface area contributed by atoms with E-state index in [2.05, 4.69) is 10.2 Å². The second-order valence-electron chi connectivity index (χ2n) is 3.94. The highest BCUT2D eigenvalue weighted by Gasteiger charge is 2.09. The molecule has 1 aromatic carbocycles. The molecule has 1 aromatic heterocycles. The van der Waals surface area contributed by atoms with Gasteiger partial charge in [-0.1, -0.05) is 17.7 Å². The molecule has 0 bridgehead atoms. The summed E-state index contributed by atoms with van der Waals surface area (Å²) in [7, 11) is 0. The van der Waals surface area contributed by atoms with Crippen LogP contribution in [0.4, 0.5) is 0 Å². The second kappa shape index (κ2) is 4.83. The van der Waals surface area contributed by atoms with E-state index in [0.29, 0.717) is 5.89 Å². The van der Waals surface area contributed by atoms with Gasteiger partial charge < -0.3 is 9.52 Å². The molecule has 2 aromatic rings. The van der Waals surface area contributed by atoms with Crippen LogP contribution in [0.2, 0.25) is 0 Å². The Morgan fingerprint density at radius 3 is 2.83 bits per heavy atom. The molecule has 0 aliphatic heterocycles. The molecule has 18 heavy (non-hydrogen) atoms. The molecule has 0 aliphatic carbocycles. The smallest absolute Gasteiger partial charge is 0.328 e. The number of benzene rings is 1. The fraction of sp³-hybridized carbons (Fsp3) is 0.154. The van der Waals surface area contributed by atoms with Crippen LogP contribution in [0.1, 0.15) is 17.0 Å². The summed E-state index contributed by atoms with van der Waals surface area (Å²) in [6, 6.07) is 5.93. The van der Waals surface area contributed by atoms with Crippen LogP contribution in [-0.2, 0) is 4.79 Å². The number of hydrogen-bond acceptors (Lipinski definition) is 4. The van der Waals surface area contributed by atoms with Gasteiger partial charge in [-0.15, -0.1) is 10.2 Å². The number of aryl methyl sites for hydroxylation is 2. The van der Waals surface area contributed by atoms with Gasteiger partial charge in [0.05, 0.1) is 0 Å². The Kier molecular flexibility index (Phi) is 3.23. The maximum Gasteiger partial charge on any atom is 0.328 e. The molecule has 0 atom stereocenters. The Hall–Kier alpha value is -2.43. The molecule has 0 unspecified atom stereocenters. The molecule has 5 heteroatoms. The highest BCUT2D eigenvalue weighted by molar-refractivity contribution is 5.84. The van der Waals surface area contributed by atoms with Crippen LogP contribution in [0, 0.1) is 13.8 Å². The SMILES string of the molecule is Cc1ccc(C)c(-c2nnc(C=CC(=O)O)o2)c1. The molecule has 0 fully saturated rings. The average molecular weight is 244 g/mol. The summed E-state index contributed by atoms with van der Waals surface area (Å²) >= 11 is 0. The third kappa shape index (κ3) is 2.63. The highest BCUT2D eigenvalue weighted by atomic mass is 16.4. The minimum absolute atomic E-state index is 0.174. The third-order valence-corrected chi connectivity index (χ3v) is 2.43. The van der Waals surface area contributed by atoms with Gasteiger partial charge in [0.1, 0.15) is 0 Å². The van der Waals surface area contributed by atoms with Crippen molar-refractivity contribution in [3.8, 4) is 11.5 Å². The second-order valence-corrected chi connectivity index (χ2v) is 3.94. The van der Waals surface area contributed by atoms with Crippen molar-refractivity contribution >= 4 is 12.0 Å². The zero-order valence-corrected chi connectivity index (χ0v) is 10.0. The Balaban J connectivity index is 2.35. The molecule has 0 saturated heterocycles. The Bertz CT molecular complexity index is 614. The van der Waals surface area contributed by atoms with Crippen molar-refractivity contribution in [2.75, 3.05) is 0 Å². The molecule has 0 spiro atoms. The van der Waals surface area contributed by atoms with Gasteiger partial charge in [0.15, 0.2) is 0 Å². The fourth-order valence-electron chi connectivity index (χ4n) is 1.52. The first-order valence-corrected chi connectivity index (χ1v) is 5.38. The molecule has 92 valence electrons. The summed E-state index contributed by atoms with van der Waals surface area (Å²) in [6.45, 7) is 3.93. The largest absolute Gasteiger partial charge is 0.478 e. The van der Waals surface area contributed by atoms with Gasteiger partial charge in [-0.05, 0) is 25.5 Å². The van der Waals surface area contributed by atoms with E-state index in [0.717, 1.165) is 22.8 Å². The number of carbonyl (C=O) groups is 1. The zero-order chi connectivity index (χ0) is 13.1. The summed E-state index contributed by atoms with van der Waals surface area (Å²) in [5.41, 5.74) is 2.98. The maximum absolute atomic E-state index is 10.4. The lowest BCUT2D eigenvalue weighted by Crippen LogP contribution is -1.85. The van der Waals surface area contributed by atoms with Gasteiger partial charge in [0, 0.05) is 17.7 Å². The molecule has 0 radical (unpaired) electrons. The van der Waals surface area contributed by atoms with Crippen LogP contribution in [0.25, 0.3) is 17.5 Å². The van der Waals surface area contributed by atoms with Crippen molar-refractivity contribution in [2.24, 2.45) is 0 Å². The van der Waals surface area contributed by atoms with E-state index in [1.165, 1.54) is 6.08 Å². The normalized spacial score (nSPS) is 11.0. The summed E-state index contributed by atoms with van der Waals surface area (Å²) in [6.07, 6.45) is 2.23. The Morgan fingerprint density at radius 2 is 2.11 bits per heavy atom. The molecule has 1 heterocycles. The number of nitrogens with zero attached hydrogens (tertiary/aromatic N) is 2. The van der Waals surface area contributed by atoms with Crippen LogP contribution in [0.3, 0.4) is 0 Å². The molecule has 2 rings (SSSR count). The van der Waals surface area contributed by atoms with E-state index in [-0.39, 0.29) is 5.89 Å². The van der Waals surface area contributed by atoms with Crippen molar-refractivity contribution in [1.29, 1.82) is 0 Å². The molecule has 0 saturated carbocycles. The summed E-state index contributed by atoms with van der Waals surface area (Å²) in [5.74, 6) is -0.490. The number of hydrogen-bond donors (Lipinski definition) is 1. The lowest BCUT2D eigenvalue weighted by Gasteiger charge is -2.01. The first-order chi connectivity index (χ1) is 8.56. The number of aromatic nitrogens is 2. The van der Waals surface area contributed by atoms with Crippen LogP contribution < -0.4 is 0 Å². The van der Waals surface area contributed by atoms with E-state index in [9.17, 15) is 4.79 Å². The number of carboxylic acids is 1. The maximum atomic E-state index is 10.4. The standard InChI is InChI=1S/C13H12N2O3/c1-8-3-4-9(2)10(7-8)13-15-14-11(18-13)5-6-12(16)17/h3-7H,1-2H3,(H,16,17). The number of rotatable bonds is 3. The summed E-state index contributed by atoms with van der Waals surface area (Å²) in [5, 5.41) is 16.2. The summed E-state index contributed by atoms with van der Waals surface area (Å²) in [4.78, 5) is 10.4. The Labute approximate surface area is 104 Å². The molecule has 0 aliphatic rings. The van der Waals surface area contributed by atoms with Crippen LogP contribution in [0.15, 0.2) is 28.7 Å². The predicted octanol–water partition coefficient (Wildman–Crippen LogP) is 2.45. The predicted molar refractivity (Wildman–Crippen MR) is 65.9 cm³/mol. The monoisotopic (exact) mass is 244 g/mol.